The number of ether oxygens (including phenoxy) is 1. The second-order valence-corrected chi connectivity index (χ2v) is 7.25. The lowest BCUT2D eigenvalue weighted by Gasteiger charge is -2.33. The Morgan fingerprint density at radius 2 is 1.81 bits per heavy atom. The van der Waals surface area contributed by atoms with Crippen molar-refractivity contribution in [1.29, 1.82) is 0 Å². The third kappa shape index (κ3) is 5.54. The van der Waals surface area contributed by atoms with Crippen LogP contribution in [0.3, 0.4) is 0 Å². The Bertz CT molecular complexity index is 284. The Labute approximate surface area is 130 Å². The molecular formula is C18H35NO2. The Morgan fingerprint density at radius 3 is 2.57 bits per heavy atom. The fraction of sp³-hybridized carbons (Fsp3) is 1.00. The molecule has 2 fully saturated rings. The third-order valence-corrected chi connectivity index (χ3v) is 5.58. The maximum absolute atomic E-state index is 10.2. The molecule has 2 aliphatic carbocycles. The monoisotopic (exact) mass is 297 g/mol. The molecule has 2 saturated carbocycles. The van der Waals surface area contributed by atoms with Crippen molar-refractivity contribution in [3.63, 3.8) is 0 Å². The Balaban J connectivity index is 1.63. The molecule has 3 heteroatoms. The molecular weight excluding hydrogens is 262 g/mol. The first-order chi connectivity index (χ1) is 10.2. The minimum Gasteiger partial charge on any atom is -0.389 e. The molecule has 0 amide bonds. The minimum atomic E-state index is -0.362. The van der Waals surface area contributed by atoms with E-state index in [2.05, 4.69) is 19.2 Å². The maximum atomic E-state index is 10.2. The zero-order valence-electron chi connectivity index (χ0n) is 14.0. The van der Waals surface area contributed by atoms with E-state index in [1.54, 1.807) is 0 Å². The van der Waals surface area contributed by atoms with E-state index in [1.165, 1.54) is 57.8 Å². The van der Waals surface area contributed by atoms with Crippen LogP contribution in [0.15, 0.2) is 0 Å². The first-order valence-electron chi connectivity index (χ1n) is 9.23. The molecule has 5 unspecified atom stereocenters. The summed E-state index contributed by atoms with van der Waals surface area (Å²) in [6, 6.07) is 0.604. The van der Waals surface area contributed by atoms with Gasteiger partial charge in [-0.3, -0.25) is 0 Å². The topological polar surface area (TPSA) is 41.5 Å². The predicted molar refractivity (Wildman–Crippen MR) is 87.4 cm³/mol. The van der Waals surface area contributed by atoms with E-state index in [1.807, 2.05) is 0 Å². The summed E-state index contributed by atoms with van der Waals surface area (Å²) in [4.78, 5) is 0. The molecule has 0 saturated heterocycles. The highest BCUT2D eigenvalue weighted by atomic mass is 16.5. The molecule has 3 nitrogen and oxygen atoms in total. The van der Waals surface area contributed by atoms with Gasteiger partial charge in [-0.05, 0) is 37.5 Å². The van der Waals surface area contributed by atoms with Crippen LogP contribution >= 0.6 is 0 Å². The summed E-state index contributed by atoms with van der Waals surface area (Å²) in [6.45, 7) is 5.74. The van der Waals surface area contributed by atoms with Gasteiger partial charge in [0.15, 0.2) is 0 Å². The lowest BCUT2D eigenvalue weighted by atomic mass is 9.83. The van der Waals surface area contributed by atoms with Crippen LogP contribution in [0.1, 0.15) is 71.6 Å². The van der Waals surface area contributed by atoms with Crippen LogP contribution in [0.5, 0.6) is 0 Å². The average molecular weight is 297 g/mol. The molecule has 2 N–H and O–H groups in total. The van der Waals surface area contributed by atoms with Gasteiger partial charge in [-0.1, -0.05) is 46.0 Å². The van der Waals surface area contributed by atoms with Gasteiger partial charge in [0, 0.05) is 12.6 Å². The second-order valence-electron chi connectivity index (χ2n) is 7.25. The van der Waals surface area contributed by atoms with Gasteiger partial charge in [-0.15, -0.1) is 0 Å². The molecule has 0 radical (unpaired) electrons. The Kier molecular flexibility index (Phi) is 7.48. The zero-order valence-corrected chi connectivity index (χ0v) is 14.0. The van der Waals surface area contributed by atoms with Gasteiger partial charge in [-0.2, -0.15) is 0 Å². The summed E-state index contributed by atoms with van der Waals surface area (Å²) in [5.74, 6) is 1.45. The number of hydrogen-bond donors (Lipinski definition) is 2. The van der Waals surface area contributed by atoms with Crippen LogP contribution in [0, 0.1) is 11.8 Å². The number of rotatable bonds is 7. The lowest BCUT2D eigenvalue weighted by Crippen LogP contribution is -2.43. The van der Waals surface area contributed by atoms with Crippen LogP contribution in [-0.4, -0.2) is 36.5 Å². The van der Waals surface area contributed by atoms with E-state index >= 15 is 0 Å². The van der Waals surface area contributed by atoms with E-state index in [0.717, 1.165) is 5.92 Å². The second kappa shape index (κ2) is 9.12. The standard InChI is InChI=1S/C18H35NO2/c1-3-15-9-5-6-10-17(15)19-12-16(20)13-21-18-11-7-4-8-14(18)2/h14-20H,3-13H2,1-2H3. The maximum Gasteiger partial charge on any atom is 0.0897 e. The fourth-order valence-corrected chi connectivity index (χ4v) is 4.08. The smallest absolute Gasteiger partial charge is 0.0897 e. The van der Waals surface area contributed by atoms with Crippen molar-refractivity contribution in [3.05, 3.63) is 0 Å². The third-order valence-electron chi connectivity index (χ3n) is 5.58. The number of nitrogens with one attached hydrogen (secondary N) is 1. The normalized spacial score (nSPS) is 35.6. The van der Waals surface area contributed by atoms with Crippen molar-refractivity contribution >= 4 is 0 Å². The van der Waals surface area contributed by atoms with Gasteiger partial charge in [-0.25, -0.2) is 0 Å². The molecule has 124 valence electrons. The van der Waals surface area contributed by atoms with E-state index < -0.39 is 0 Å². The highest BCUT2D eigenvalue weighted by Gasteiger charge is 2.25. The van der Waals surface area contributed by atoms with Crippen LogP contribution in [0.4, 0.5) is 0 Å². The largest absolute Gasteiger partial charge is 0.389 e. The number of aliphatic hydroxyl groups excluding tert-OH is 1. The van der Waals surface area contributed by atoms with Gasteiger partial charge < -0.3 is 15.2 Å². The van der Waals surface area contributed by atoms with Gasteiger partial charge in [0.05, 0.1) is 18.8 Å². The molecule has 0 bridgehead atoms. The van der Waals surface area contributed by atoms with Gasteiger partial charge in [0.25, 0.3) is 0 Å². The summed E-state index contributed by atoms with van der Waals surface area (Å²) < 4.78 is 5.96. The first-order valence-corrected chi connectivity index (χ1v) is 9.23. The molecule has 0 heterocycles. The molecule has 0 spiro atoms. The molecule has 2 rings (SSSR count). The predicted octanol–water partition coefficient (Wildman–Crippen LogP) is 3.50. The Hall–Kier alpha value is -0.120. The highest BCUT2D eigenvalue weighted by Crippen LogP contribution is 2.27. The molecule has 0 aromatic rings. The highest BCUT2D eigenvalue weighted by molar-refractivity contribution is 4.81. The number of aliphatic hydroxyl groups is 1. The average Bonchev–Trinajstić information content (AvgIpc) is 2.52. The van der Waals surface area contributed by atoms with E-state index in [4.69, 9.17) is 4.74 Å². The van der Waals surface area contributed by atoms with E-state index in [9.17, 15) is 5.11 Å². The summed E-state index contributed by atoms with van der Waals surface area (Å²) in [6.07, 6.45) is 11.7. The zero-order chi connectivity index (χ0) is 15.1. The summed E-state index contributed by atoms with van der Waals surface area (Å²) in [5, 5.41) is 13.8. The van der Waals surface area contributed by atoms with Crippen molar-refractivity contribution < 1.29 is 9.84 Å². The van der Waals surface area contributed by atoms with Gasteiger partial charge >= 0.3 is 0 Å². The van der Waals surface area contributed by atoms with Crippen molar-refractivity contribution in [2.24, 2.45) is 11.8 Å². The first kappa shape index (κ1) is 17.2. The molecule has 0 aromatic heterocycles. The molecule has 5 atom stereocenters. The summed E-state index contributed by atoms with van der Waals surface area (Å²) >= 11 is 0. The van der Waals surface area contributed by atoms with Crippen molar-refractivity contribution in [3.8, 4) is 0 Å². The van der Waals surface area contributed by atoms with Crippen LogP contribution in [0.25, 0.3) is 0 Å². The fourth-order valence-electron chi connectivity index (χ4n) is 4.08. The quantitative estimate of drug-likeness (QED) is 0.755. The van der Waals surface area contributed by atoms with Crippen LogP contribution < -0.4 is 5.32 Å². The molecule has 2 aliphatic rings. The minimum absolute atomic E-state index is 0.362. The summed E-state index contributed by atoms with van der Waals surface area (Å²) in [5.41, 5.74) is 0. The molecule has 0 aromatic carbocycles. The SMILES string of the molecule is CCC1CCCCC1NCC(O)COC1CCCCC1C. The van der Waals surface area contributed by atoms with Crippen LogP contribution in [0.2, 0.25) is 0 Å². The van der Waals surface area contributed by atoms with Crippen LogP contribution in [-0.2, 0) is 4.74 Å². The van der Waals surface area contributed by atoms with Gasteiger partial charge in [0.2, 0.25) is 0 Å². The summed E-state index contributed by atoms with van der Waals surface area (Å²) in [7, 11) is 0. The Morgan fingerprint density at radius 1 is 1.10 bits per heavy atom. The van der Waals surface area contributed by atoms with Crippen molar-refractivity contribution in [1.82, 2.24) is 5.32 Å². The molecule has 0 aliphatic heterocycles. The van der Waals surface area contributed by atoms with Gasteiger partial charge in [0.1, 0.15) is 0 Å². The van der Waals surface area contributed by atoms with Crippen molar-refractivity contribution in [2.45, 2.75) is 89.9 Å². The van der Waals surface area contributed by atoms with E-state index in [-0.39, 0.29) is 6.10 Å². The van der Waals surface area contributed by atoms with Crippen molar-refractivity contribution in [2.75, 3.05) is 13.2 Å². The lowest BCUT2D eigenvalue weighted by molar-refractivity contribution is -0.0461. The number of hydrogen-bond acceptors (Lipinski definition) is 3. The van der Waals surface area contributed by atoms with E-state index in [0.29, 0.717) is 31.2 Å². The molecule has 21 heavy (non-hydrogen) atoms.